The lowest BCUT2D eigenvalue weighted by atomic mass is 9.57. The van der Waals surface area contributed by atoms with Crippen molar-refractivity contribution in [3.8, 4) is 0 Å². The van der Waals surface area contributed by atoms with Crippen LogP contribution in [0, 0.1) is 28.9 Å². The van der Waals surface area contributed by atoms with Gasteiger partial charge < -0.3 is 10.1 Å². The third-order valence-corrected chi connectivity index (χ3v) is 5.89. The molecule has 1 heterocycles. The molecule has 1 amide bonds. The van der Waals surface area contributed by atoms with Crippen LogP contribution < -0.4 is 5.32 Å². The molecule has 23 heavy (non-hydrogen) atoms. The Balaban J connectivity index is 1.42. The predicted molar refractivity (Wildman–Crippen MR) is 80.8 cm³/mol. The summed E-state index contributed by atoms with van der Waals surface area (Å²) in [5.74, 6) is -1.09. The predicted octanol–water partition coefficient (Wildman–Crippen LogP) is 3.00. The first-order valence-corrected chi connectivity index (χ1v) is 8.26. The zero-order valence-electron chi connectivity index (χ0n) is 13.3. The second kappa shape index (κ2) is 5.00. The molecule has 5 unspecified atom stereocenters. The van der Waals surface area contributed by atoms with E-state index in [1.54, 1.807) is 0 Å². The summed E-state index contributed by atoms with van der Waals surface area (Å²) < 4.78 is 32.6. The molecular formula is C18H21F2NO2. The smallest absolute Gasteiger partial charge is 0.223 e. The first-order chi connectivity index (χ1) is 10.9. The fourth-order valence-electron chi connectivity index (χ4n) is 4.51. The number of carbonyl (C=O) groups excluding carboxylic acids is 1. The molecular weight excluding hydrogens is 300 g/mol. The van der Waals surface area contributed by atoms with Crippen molar-refractivity contribution in [2.24, 2.45) is 17.3 Å². The van der Waals surface area contributed by atoms with Crippen LogP contribution in [0.5, 0.6) is 0 Å². The van der Waals surface area contributed by atoms with Crippen LogP contribution in [-0.2, 0) is 9.53 Å². The lowest BCUT2D eigenvalue weighted by molar-refractivity contribution is -0.138. The van der Waals surface area contributed by atoms with Crippen LogP contribution in [0.15, 0.2) is 18.2 Å². The highest BCUT2D eigenvalue weighted by atomic mass is 19.1. The Morgan fingerprint density at radius 2 is 2.13 bits per heavy atom. The second-order valence-electron chi connectivity index (χ2n) is 7.67. The first-order valence-electron chi connectivity index (χ1n) is 8.26. The quantitative estimate of drug-likeness (QED) is 0.929. The van der Waals surface area contributed by atoms with Crippen LogP contribution in [-0.4, -0.2) is 24.7 Å². The third kappa shape index (κ3) is 2.28. The second-order valence-corrected chi connectivity index (χ2v) is 7.67. The summed E-state index contributed by atoms with van der Waals surface area (Å²) in [6.45, 7) is 5.00. The molecule has 3 fully saturated rings. The van der Waals surface area contributed by atoms with Gasteiger partial charge in [0, 0.05) is 36.0 Å². The van der Waals surface area contributed by atoms with Crippen molar-refractivity contribution in [1.82, 2.24) is 5.32 Å². The van der Waals surface area contributed by atoms with E-state index in [1.807, 2.05) is 0 Å². The van der Waals surface area contributed by atoms with Gasteiger partial charge >= 0.3 is 0 Å². The zero-order chi connectivity index (χ0) is 16.4. The number of fused-ring (bicyclic) bond motifs is 1. The van der Waals surface area contributed by atoms with Crippen LogP contribution in [0.2, 0.25) is 0 Å². The Morgan fingerprint density at radius 1 is 1.35 bits per heavy atom. The van der Waals surface area contributed by atoms with Crippen molar-refractivity contribution >= 4 is 5.91 Å². The molecule has 5 heteroatoms. The van der Waals surface area contributed by atoms with Gasteiger partial charge in [-0.25, -0.2) is 8.78 Å². The lowest BCUT2D eigenvalue weighted by Gasteiger charge is -2.54. The molecule has 0 bridgehead atoms. The molecule has 2 saturated carbocycles. The molecule has 3 aliphatic rings. The van der Waals surface area contributed by atoms with Gasteiger partial charge in [-0.1, -0.05) is 19.9 Å². The van der Waals surface area contributed by atoms with Crippen LogP contribution in [0.1, 0.15) is 38.2 Å². The van der Waals surface area contributed by atoms with Crippen molar-refractivity contribution in [2.45, 2.75) is 44.8 Å². The molecule has 1 saturated heterocycles. The van der Waals surface area contributed by atoms with E-state index < -0.39 is 11.6 Å². The summed E-state index contributed by atoms with van der Waals surface area (Å²) in [4.78, 5) is 12.5. The van der Waals surface area contributed by atoms with Gasteiger partial charge in [0.1, 0.15) is 11.6 Å². The fourth-order valence-corrected chi connectivity index (χ4v) is 4.51. The Bertz CT molecular complexity index is 660. The van der Waals surface area contributed by atoms with Crippen LogP contribution in [0.25, 0.3) is 0 Å². The average Bonchev–Trinajstić information content (AvgIpc) is 3.14. The van der Waals surface area contributed by atoms with Crippen molar-refractivity contribution < 1.29 is 18.3 Å². The maximum absolute atomic E-state index is 13.8. The van der Waals surface area contributed by atoms with E-state index in [2.05, 4.69) is 19.2 Å². The van der Waals surface area contributed by atoms with Gasteiger partial charge in [-0.05, 0) is 30.4 Å². The van der Waals surface area contributed by atoms with Gasteiger partial charge in [-0.3, -0.25) is 4.79 Å². The number of amides is 1. The monoisotopic (exact) mass is 321 g/mol. The van der Waals surface area contributed by atoms with Gasteiger partial charge in [0.2, 0.25) is 5.91 Å². The number of halogens is 2. The topological polar surface area (TPSA) is 38.3 Å². The van der Waals surface area contributed by atoms with Gasteiger partial charge in [0.05, 0.1) is 6.10 Å². The SMILES string of the molecule is CC1(C)C(NC(=O)C2CC2c2ccc(F)cc2F)C2CCOC21. The minimum absolute atomic E-state index is 0.0119. The molecule has 0 spiro atoms. The molecule has 1 aromatic rings. The molecule has 1 aliphatic heterocycles. The normalized spacial score (nSPS) is 37.0. The highest BCUT2D eigenvalue weighted by molar-refractivity contribution is 5.83. The molecule has 0 aromatic heterocycles. The van der Waals surface area contributed by atoms with E-state index in [0.717, 1.165) is 19.1 Å². The molecule has 2 aliphatic carbocycles. The average molecular weight is 321 g/mol. The largest absolute Gasteiger partial charge is 0.377 e. The summed E-state index contributed by atoms with van der Waals surface area (Å²) in [6, 6.07) is 3.72. The molecule has 1 aromatic carbocycles. The lowest BCUT2D eigenvalue weighted by Crippen LogP contribution is -2.66. The number of nitrogens with one attached hydrogen (secondary N) is 1. The molecule has 3 nitrogen and oxygen atoms in total. The molecule has 5 atom stereocenters. The van der Waals surface area contributed by atoms with Crippen LogP contribution in [0.4, 0.5) is 8.78 Å². The number of hydrogen-bond donors (Lipinski definition) is 1. The maximum atomic E-state index is 13.8. The fraction of sp³-hybridized carbons (Fsp3) is 0.611. The third-order valence-electron chi connectivity index (χ3n) is 5.89. The molecule has 124 valence electrons. The number of ether oxygens (including phenoxy) is 1. The summed E-state index contributed by atoms with van der Waals surface area (Å²) in [5.41, 5.74) is 0.393. The summed E-state index contributed by atoms with van der Waals surface area (Å²) >= 11 is 0. The summed E-state index contributed by atoms with van der Waals surface area (Å²) in [5, 5.41) is 3.16. The minimum Gasteiger partial charge on any atom is -0.377 e. The molecule has 1 N–H and O–H groups in total. The van der Waals surface area contributed by atoms with E-state index in [4.69, 9.17) is 4.74 Å². The first kappa shape index (κ1) is 15.1. The van der Waals surface area contributed by atoms with Gasteiger partial charge in [0.25, 0.3) is 0 Å². The van der Waals surface area contributed by atoms with E-state index in [1.165, 1.54) is 12.1 Å². The van der Waals surface area contributed by atoms with Crippen molar-refractivity contribution in [3.63, 3.8) is 0 Å². The number of rotatable bonds is 3. The number of benzene rings is 1. The minimum atomic E-state index is -0.587. The highest BCUT2D eigenvalue weighted by Crippen LogP contribution is 2.53. The molecule has 0 radical (unpaired) electrons. The van der Waals surface area contributed by atoms with E-state index in [-0.39, 0.29) is 35.3 Å². The Hall–Kier alpha value is -1.49. The van der Waals surface area contributed by atoms with Gasteiger partial charge in [-0.2, -0.15) is 0 Å². The summed E-state index contributed by atoms with van der Waals surface area (Å²) in [6.07, 6.45) is 1.85. The standard InChI is InChI=1S/C18H21F2NO2/c1-18(2)15(11-5-6-23-16(11)18)21-17(22)13-8-12(13)10-4-3-9(19)7-14(10)20/h3-4,7,11-13,15-16H,5-6,8H2,1-2H3,(H,21,22). The van der Waals surface area contributed by atoms with E-state index in [0.29, 0.717) is 17.9 Å². The highest BCUT2D eigenvalue weighted by Gasteiger charge is 2.60. The van der Waals surface area contributed by atoms with Crippen molar-refractivity contribution in [1.29, 1.82) is 0 Å². The maximum Gasteiger partial charge on any atom is 0.223 e. The van der Waals surface area contributed by atoms with Gasteiger partial charge in [0.15, 0.2) is 0 Å². The Labute approximate surface area is 134 Å². The number of hydrogen-bond acceptors (Lipinski definition) is 2. The molecule has 4 rings (SSSR count). The van der Waals surface area contributed by atoms with Crippen LogP contribution in [0.3, 0.4) is 0 Å². The van der Waals surface area contributed by atoms with E-state index >= 15 is 0 Å². The number of carbonyl (C=O) groups is 1. The van der Waals surface area contributed by atoms with E-state index in [9.17, 15) is 13.6 Å². The van der Waals surface area contributed by atoms with Crippen molar-refractivity contribution in [3.05, 3.63) is 35.4 Å². The zero-order valence-corrected chi connectivity index (χ0v) is 13.3. The Kier molecular flexibility index (Phi) is 3.28. The summed E-state index contributed by atoms with van der Waals surface area (Å²) in [7, 11) is 0. The van der Waals surface area contributed by atoms with Crippen molar-refractivity contribution in [2.75, 3.05) is 6.61 Å². The Morgan fingerprint density at radius 3 is 2.87 bits per heavy atom. The van der Waals surface area contributed by atoms with Crippen LogP contribution >= 0.6 is 0 Å². The van der Waals surface area contributed by atoms with Gasteiger partial charge in [-0.15, -0.1) is 0 Å².